The molecule has 5 heteroatoms. The predicted molar refractivity (Wildman–Crippen MR) is 103 cm³/mol. The fourth-order valence-electron chi connectivity index (χ4n) is 2.52. The molecule has 1 aromatic heterocycles. The molecule has 0 saturated carbocycles. The lowest BCUT2D eigenvalue weighted by molar-refractivity contribution is 0.0690. The number of nitrogens with one attached hydrogen (secondary N) is 1. The minimum absolute atomic E-state index is 0.0354. The summed E-state index contributed by atoms with van der Waals surface area (Å²) in [4.78, 5) is 31.2. The van der Waals surface area contributed by atoms with Crippen LogP contribution in [-0.4, -0.2) is 33.8 Å². The zero-order valence-corrected chi connectivity index (χ0v) is 15.9. The minimum Gasteiger partial charge on any atom is -0.348 e. The van der Waals surface area contributed by atoms with Gasteiger partial charge in [0, 0.05) is 30.4 Å². The Morgan fingerprint density at radius 1 is 1.12 bits per heavy atom. The monoisotopic (exact) mass is 353 g/mol. The van der Waals surface area contributed by atoms with Gasteiger partial charge in [0.1, 0.15) is 5.69 Å². The van der Waals surface area contributed by atoms with Crippen LogP contribution in [0.15, 0.2) is 48.7 Å². The average Bonchev–Trinajstić information content (AvgIpc) is 2.66. The lowest BCUT2D eigenvalue weighted by Crippen LogP contribution is -2.37. The third-order valence-corrected chi connectivity index (χ3v) is 4.31. The van der Waals surface area contributed by atoms with Crippen molar-refractivity contribution in [3.63, 3.8) is 0 Å². The number of benzene rings is 1. The van der Waals surface area contributed by atoms with E-state index in [9.17, 15) is 9.59 Å². The van der Waals surface area contributed by atoms with Crippen LogP contribution in [0.25, 0.3) is 0 Å². The molecule has 0 aliphatic carbocycles. The van der Waals surface area contributed by atoms with Gasteiger partial charge in [-0.2, -0.15) is 0 Å². The Hall–Kier alpha value is -2.69. The quantitative estimate of drug-likeness (QED) is 0.826. The molecule has 0 fully saturated rings. The van der Waals surface area contributed by atoms with Crippen LogP contribution in [0.5, 0.6) is 0 Å². The number of aromatic nitrogens is 1. The van der Waals surface area contributed by atoms with Crippen molar-refractivity contribution < 1.29 is 9.59 Å². The summed E-state index contributed by atoms with van der Waals surface area (Å²) in [5.74, 6) is -0.364. The molecule has 26 heavy (non-hydrogen) atoms. The van der Waals surface area contributed by atoms with Gasteiger partial charge in [0.25, 0.3) is 11.8 Å². The molecule has 0 radical (unpaired) electrons. The van der Waals surface area contributed by atoms with E-state index in [4.69, 9.17) is 0 Å². The van der Waals surface area contributed by atoms with Gasteiger partial charge in [-0.15, -0.1) is 0 Å². The molecule has 1 atom stereocenters. The highest BCUT2D eigenvalue weighted by atomic mass is 16.2. The average molecular weight is 353 g/mol. The summed E-state index contributed by atoms with van der Waals surface area (Å²) in [5, 5.41) is 2.88. The largest absolute Gasteiger partial charge is 0.348 e. The molecule has 1 heterocycles. The SMILES string of the molecule is CCC(C)NC(=O)c1cc(C(=O)N(Cc2ccccc2)C(C)C)ccn1. The number of nitrogens with zero attached hydrogens (tertiary/aromatic N) is 2. The van der Waals surface area contributed by atoms with E-state index in [1.807, 2.05) is 58.0 Å². The molecule has 0 aliphatic rings. The Kier molecular flexibility index (Phi) is 6.89. The maximum atomic E-state index is 13.0. The van der Waals surface area contributed by atoms with E-state index in [1.54, 1.807) is 17.0 Å². The second-order valence-electron chi connectivity index (χ2n) is 6.72. The first-order valence-electron chi connectivity index (χ1n) is 9.04. The molecular formula is C21H27N3O2. The molecule has 5 nitrogen and oxygen atoms in total. The number of hydrogen-bond donors (Lipinski definition) is 1. The second kappa shape index (κ2) is 9.13. The van der Waals surface area contributed by atoms with Crippen molar-refractivity contribution >= 4 is 11.8 Å². The first-order valence-corrected chi connectivity index (χ1v) is 9.04. The second-order valence-corrected chi connectivity index (χ2v) is 6.72. The van der Waals surface area contributed by atoms with Crippen molar-refractivity contribution in [2.75, 3.05) is 0 Å². The number of carbonyl (C=O) groups excluding carboxylic acids is 2. The number of carbonyl (C=O) groups is 2. The van der Waals surface area contributed by atoms with Crippen molar-refractivity contribution in [1.82, 2.24) is 15.2 Å². The van der Waals surface area contributed by atoms with Crippen molar-refractivity contribution in [2.45, 2.75) is 52.7 Å². The van der Waals surface area contributed by atoms with E-state index < -0.39 is 0 Å². The van der Waals surface area contributed by atoms with Gasteiger partial charge >= 0.3 is 0 Å². The molecular weight excluding hydrogens is 326 g/mol. The van der Waals surface area contributed by atoms with E-state index in [1.165, 1.54) is 6.20 Å². The number of rotatable bonds is 7. The highest BCUT2D eigenvalue weighted by Gasteiger charge is 2.21. The Labute approximate surface area is 155 Å². The molecule has 2 amide bonds. The smallest absolute Gasteiger partial charge is 0.270 e. The Morgan fingerprint density at radius 2 is 1.81 bits per heavy atom. The zero-order valence-electron chi connectivity index (χ0n) is 15.9. The van der Waals surface area contributed by atoms with Crippen LogP contribution in [0.2, 0.25) is 0 Å². The maximum absolute atomic E-state index is 13.0. The van der Waals surface area contributed by atoms with E-state index >= 15 is 0 Å². The third kappa shape index (κ3) is 5.15. The summed E-state index contributed by atoms with van der Waals surface area (Å²) in [6.07, 6.45) is 2.35. The van der Waals surface area contributed by atoms with E-state index in [2.05, 4.69) is 10.3 Å². The van der Waals surface area contributed by atoms with Crippen molar-refractivity contribution in [1.29, 1.82) is 0 Å². The van der Waals surface area contributed by atoms with Gasteiger partial charge in [0.05, 0.1) is 0 Å². The summed E-state index contributed by atoms with van der Waals surface area (Å²) in [7, 11) is 0. The number of hydrogen-bond acceptors (Lipinski definition) is 3. The summed E-state index contributed by atoms with van der Waals surface area (Å²) in [6.45, 7) is 8.43. The van der Waals surface area contributed by atoms with E-state index in [0.29, 0.717) is 12.1 Å². The highest BCUT2D eigenvalue weighted by molar-refractivity contribution is 5.98. The van der Waals surface area contributed by atoms with Crippen molar-refractivity contribution in [2.24, 2.45) is 0 Å². The van der Waals surface area contributed by atoms with Gasteiger partial charge in [-0.3, -0.25) is 14.6 Å². The summed E-state index contributed by atoms with van der Waals surface area (Å²) >= 11 is 0. The number of amides is 2. The molecule has 1 aromatic carbocycles. The Balaban J connectivity index is 2.21. The van der Waals surface area contributed by atoms with Gasteiger partial charge in [-0.25, -0.2) is 0 Å². The van der Waals surface area contributed by atoms with Crippen LogP contribution in [0.4, 0.5) is 0 Å². The molecule has 0 aliphatic heterocycles. The molecule has 2 rings (SSSR count). The van der Waals surface area contributed by atoms with Crippen LogP contribution in [0.3, 0.4) is 0 Å². The third-order valence-electron chi connectivity index (χ3n) is 4.31. The van der Waals surface area contributed by atoms with Gasteiger partial charge in [-0.05, 0) is 44.9 Å². The fraction of sp³-hybridized carbons (Fsp3) is 0.381. The molecule has 0 spiro atoms. The lowest BCUT2D eigenvalue weighted by Gasteiger charge is -2.27. The van der Waals surface area contributed by atoms with Gasteiger partial charge in [0.2, 0.25) is 0 Å². The first kappa shape index (κ1) is 19.6. The van der Waals surface area contributed by atoms with Crippen molar-refractivity contribution in [3.05, 3.63) is 65.5 Å². The van der Waals surface area contributed by atoms with Crippen LogP contribution in [0.1, 0.15) is 60.5 Å². The molecule has 0 saturated heterocycles. The van der Waals surface area contributed by atoms with Crippen LogP contribution < -0.4 is 5.32 Å². The van der Waals surface area contributed by atoms with Gasteiger partial charge in [-0.1, -0.05) is 37.3 Å². The molecule has 138 valence electrons. The molecule has 1 N–H and O–H groups in total. The van der Waals surface area contributed by atoms with Crippen LogP contribution in [-0.2, 0) is 6.54 Å². The minimum atomic E-state index is -0.256. The fourth-order valence-corrected chi connectivity index (χ4v) is 2.52. The van der Waals surface area contributed by atoms with Gasteiger partial charge < -0.3 is 10.2 Å². The summed E-state index contributed by atoms with van der Waals surface area (Å²) < 4.78 is 0. The maximum Gasteiger partial charge on any atom is 0.270 e. The topological polar surface area (TPSA) is 62.3 Å². The van der Waals surface area contributed by atoms with E-state index in [0.717, 1.165) is 12.0 Å². The first-order chi connectivity index (χ1) is 12.4. The predicted octanol–water partition coefficient (Wildman–Crippen LogP) is 3.66. The summed E-state index contributed by atoms with van der Waals surface area (Å²) in [6, 6.07) is 13.2. The standard InChI is InChI=1S/C21H27N3O2/c1-5-16(4)23-20(25)19-13-18(11-12-22-19)21(26)24(15(2)3)14-17-9-7-6-8-10-17/h6-13,15-16H,5,14H2,1-4H3,(H,23,25). The Morgan fingerprint density at radius 3 is 2.42 bits per heavy atom. The number of pyridine rings is 1. The molecule has 2 aromatic rings. The zero-order chi connectivity index (χ0) is 19.1. The van der Waals surface area contributed by atoms with Gasteiger partial charge in [0.15, 0.2) is 0 Å². The normalized spacial score (nSPS) is 11.9. The molecule has 1 unspecified atom stereocenters. The summed E-state index contributed by atoms with van der Waals surface area (Å²) in [5.41, 5.74) is 1.80. The highest BCUT2D eigenvalue weighted by Crippen LogP contribution is 2.14. The Bertz CT molecular complexity index is 744. The van der Waals surface area contributed by atoms with Crippen LogP contribution in [0, 0.1) is 0 Å². The molecule has 0 bridgehead atoms. The lowest BCUT2D eigenvalue weighted by atomic mass is 10.1. The van der Waals surface area contributed by atoms with E-state index in [-0.39, 0.29) is 29.6 Å². The van der Waals surface area contributed by atoms with Crippen molar-refractivity contribution in [3.8, 4) is 0 Å². The van der Waals surface area contributed by atoms with Crippen LogP contribution >= 0.6 is 0 Å².